The second kappa shape index (κ2) is 5.79. The van der Waals surface area contributed by atoms with Crippen LogP contribution in [-0.4, -0.2) is 21.9 Å². The highest BCUT2D eigenvalue weighted by molar-refractivity contribution is 7.71. The molecular weight excluding hydrogens is 270 g/mol. The molecule has 0 aliphatic rings. The van der Waals surface area contributed by atoms with Gasteiger partial charge in [-0.15, -0.1) is 0 Å². The molecule has 1 aromatic carbocycles. The summed E-state index contributed by atoms with van der Waals surface area (Å²) >= 11 is 5.31. The van der Waals surface area contributed by atoms with E-state index in [1.807, 2.05) is 12.1 Å². The lowest BCUT2D eigenvalue weighted by Crippen LogP contribution is -2.24. The summed E-state index contributed by atoms with van der Waals surface area (Å²) < 4.78 is 7.94. The average Bonchev–Trinajstić information content (AvgIpc) is 2.78. The fourth-order valence-electron chi connectivity index (χ4n) is 2.24. The Labute approximate surface area is 124 Å². The van der Waals surface area contributed by atoms with Crippen molar-refractivity contribution >= 4 is 12.2 Å². The summed E-state index contributed by atoms with van der Waals surface area (Å²) in [7, 11) is 1.68. The molecule has 0 saturated heterocycles. The summed E-state index contributed by atoms with van der Waals surface area (Å²) in [5.41, 5.74) is 1.21. The molecule has 0 aliphatic heterocycles. The molecule has 0 atom stereocenters. The molecule has 2 aromatic rings. The number of benzene rings is 1. The summed E-state index contributed by atoms with van der Waals surface area (Å²) in [5.74, 6) is 1.88. The third-order valence-corrected chi connectivity index (χ3v) is 3.48. The fraction of sp³-hybridized carbons (Fsp3) is 0.467. The number of aryl methyl sites for hydroxylation is 2. The Bertz CT molecular complexity index is 620. The van der Waals surface area contributed by atoms with E-state index in [0.717, 1.165) is 24.4 Å². The number of rotatable bonds is 4. The summed E-state index contributed by atoms with van der Waals surface area (Å²) in [4.78, 5) is 0. The Morgan fingerprint density at radius 3 is 2.40 bits per heavy atom. The third kappa shape index (κ3) is 3.28. The van der Waals surface area contributed by atoms with Crippen molar-refractivity contribution in [3.63, 3.8) is 0 Å². The first kappa shape index (κ1) is 14.8. The van der Waals surface area contributed by atoms with Crippen molar-refractivity contribution in [2.75, 3.05) is 7.11 Å². The Hall–Kier alpha value is -1.62. The summed E-state index contributed by atoms with van der Waals surface area (Å²) in [6.07, 6.45) is 1.79. The molecular formula is C15H21N3OS. The van der Waals surface area contributed by atoms with Gasteiger partial charge in [0.15, 0.2) is 4.77 Å². The molecule has 0 saturated carbocycles. The van der Waals surface area contributed by atoms with Crippen molar-refractivity contribution in [2.24, 2.45) is 0 Å². The lowest BCUT2D eigenvalue weighted by molar-refractivity contribution is 0.377. The second-order valence-corrected chi connectivity index (χ2v) is 6.19. The molecule has 0 amide bonds. The lowest BCUT2D eigenvalue weighted by Gasteiger charge is -2.22. The normalized spacial score (nSPS) is 11.6. The van der Waals surface area contributed by atoms with E-state index >= 15 is 0 Å². The maximum absolute atomic E-state index is 5.31. The topological polar surface area (TPSA) is 42.8 Å². The van der Waals surface area contributed by atoms with Crippen molar-refractivity contribution < 1.29 is 4.74 Å². The van der Waals surface area contributed by atoms with Crippen LogP contribution in [0.3, 0.4) is 0 Å². The van der Waals surface area contributed by atoms with Gasteiger partial charge in [0.1, 0.15) is 11.6 Å². The zero-order chi connectivity index (χ0) is 14.8. The number of nitrogens with zero attached hydrogens (tertiary/aromatic N) is 2. The molecule has 5 heteroatoms. The van der Waals surface area contributed by atoms with Crippen LogP contribution in [0.15, 0.2) is 24.3 Å². The Morgan fingerprint density at radius 1 is 1.20 bits per heavy atom. The molecule has 1 heterocycles. The van der Waals surface area contributed by atoms with Crippen LogP contribution in [0.1, 0.15) is 32.2 Å². The molecule has 0 bridgehead atoms. The zero-order valence-corrected chi connectivity index (χ0v) is 13.3. The maximum Gasteiger partial charge on any atom is 0.195 e. The monoisotopic (exact) mass is 291 g/mol. The van der Waals surface area contributed by atoms with Gasteiger partial charge in [0.05, 0.1) is 7.11 Å². The van der Waals surface area contributed by atoms with Crippen molar-refractivity contribution in [2.45, 2.75) is 39.2 Å². The molecule has 0 spiro atoms. The van der Waals surface area contributed by atoms with E-state index in [1.54, 1.807) is 7.11 Å². The Balaban J connectivity index is 2.13. The van der Waals surface area contributed by atoms with Crippen molar-refractivity contribution in [1.82, 2.24) is 14.8 Å². The Kier molecular flexibility index (Phi) is 4.28. The van der Waals surface area contributed by atoms with E-state index in [9.17, 15) is 0 Å². The average molecular weight is 291 g/mol. The van der Waals surface area contributed by atoms with Crippen molar-refractivity contribution in [3.8, 4) is 5.75 Å². The van der Waals surface area contributed by atoms with Crippen LogP contribution < -0.4 is 4.74 Å². The van der Waals surface area contributed by atoms with Crippen LogP contribution in [0.25, 0.3) is 0 Å². The van der Waals surface area contributed by atoms with Crippen LogP contribution in [0.4, 0.5) is 0 Å². The van der Waals surface area contributed by atoms with Crippen LogP contribution in [0.5, 0.6) is 5.75 Å². The van der Waals surface area contributed by atoms with E-state index in [1.165, 1.54) is 5.56 Å². The molecule has 20 heavy (non-hydrogen) atoms. The van der Waals surface area contributed by atoms with Gasteiger partial charge in [-0.3, -0.25) is 9.67 Å². The van der Waals surface area contributed by atoms with Crippen LogP contribution in [0.2, 0.25) is 0 Å². The highest BCUT2D eigenvalue weighted by atomic mass is 32.1. The molecule has 1 N–H and O–H groups in total. The van der Waals surface area contributed by atoms with Gasteiger partial charge in [0, 0.05) is 12.0 Å². The van der Waals surface area contributed by atoms with Crippen LogP contribution >= 0.6 is 12.2 Å². The number of aromatic amines is 1. The molecule has 0 radical (unpaired) electrons. The van der Waals surface area contributed by atoms with E-state index in [4.69, 9.17) is 17.0 Å². The van der Waals surface area contributed by atoms with Gasteiger partial charge in [-0.05, 0) is 57.1 Å². The lowest BCUT2D eigenvalue weighted by atomic mass is 10.1. The maximum atomic E-state index is 5.31. The minimum absolute atomic E-state index is 0.0562. The standard InChI is InChI=1S/C15H21N3OS/c1-15(2,3)18-13(16-17-14(18)20)10-7-11-5-8-12(19-4)9-6-11/h5-6,8-9H,7,10H2,1-4H3,(H,17,20). The van der Waals surface area contributed by atoms with Crippen LogP contribution in [0, 0.1) is 4.77 Å². The number of hydrogen-bond donors (Lipinski definition) is 1. The van der Waals surface area contributed by atoms with E-state index in [0.29, 0.717) is 4.77 Å². The predicted octanol–water partition coefficient (Wildman–Crippen LogP) is 3.49. The zero-order valence-electron chi connectivity index (χ0n) is 12.4. The first-order chi connectivity index (χ1) is 9.41. The van der Waals surface area contributed by atoms with Gasteiger partial charge >= 0.3 is 0 Å². The van der Waals surface area contributed by atoms with Gasteiger partial charge in [-0.25, -0.2) is 0 Å². The number of H-pyrrole nitrogens is 1. The number of ether oxygens (including phenoxy) is 1. The predicted molar refractivity (Wildman–Crippen MR) is 82.8 cm³/mol. The van der Waals surface area contributed by atoms with Crippen molar-refractivity contribution in [3.05, 3.63) is 40.4 Å². The van der Waals surface area contributed by atoms with Gasteiger partial charge in [0.25, 0.3) is 0 Å². The number of hydrogen-bond acceptors (Lipinski definition) is 3. The first-order valence-corrected chi connectivity index (χ1v) is 7.12. The first-order valence-electron chi connectivity index (χ1n) is 6.71. The third-order valence-electron chi connectivity index (χ3n) is 3.21. The minimum atomic E-state index is -0.0562. The largest absolute Gasteiger partial charge is 0.497 e. The van der Waals surface area contributed by atoms with Gasteiger partial charge in [-0.2, -0.15) is 5.10 Å². The minimum Gasteiger partial charge on any atom is -0.497 e. The van der Waals surface area contributed by atoms with Crippen molar-refractivity contribution in [1.29, 1.82) is 0 Å². The summed E-state index contributed by atoms with van der Waals surface area (Å²) in [6, 6.07) is 8.13. The van der Waals surface area contributed by atoms with Gasteiger partial charge in [0.2, 0.25) is 0 Å². The summed E-state index contributed by atoms with van der Waals surface area (Å²) in [5, 5.41) is 7.25. The second-order valence-electron chi connectivity index (χ2n) is 5.80. The van der Waals surface area contributed by atoms with Gasteiger partial charge < -0.3 is 4.74 Å². The SMILES string of the molecule is COc1ccc(CCc2n[nH]c(=S)n2C(C)(C)C)cc1. The van der Waals surface area contributed by atoms with E-state index in [2.05, 4.69) is 47.7 Å². The quantitative estimate of drug-likeness (QED) is 0.877. The van der Waals surface area contributed by atoms with E-state index < -0.39 is 0 Å². The molecule has 0 unspecified atom stereocenters. The Morgan fingerprint density at radius 2 is 1.85 bits per heavy atom. The highest BCUT2D eigenvalue weighted by Gasteiger charge is 2.18. The van der Waals surface area contributed by atoms with E-state index in [-0.39, 0.29) is 5.54 Å². The molecule has 1 aromatic heterocycles. The van der Waals surface area contributed by atoms with Crippen LogP contribution in [-0.2, 0) is 18.4 Å². The number of aromatic nitrogens is 3. The molecule has 2 rings (SSSR count). The number of methoxy groups -OCH3 is 1. The smallest absolute Gasteiger partial charge is 0.195 e. The molecule has 4 nitrogen and oxygen atoms in total. The fourth-order valence-corrected chi connectivity index (χ4v) is 2.66. The summed E-state index contributed by atoms with van der Waals surface area (Å²) in [6.45, 7) is 6.40. The highest BCUT2D eigenvalue weighted by Crippen LogP contribution is 2.18. The number of nitrogens with one attached hydrogen (secondary N) is 1. The molecule has 0 aliphatic carbocycles. The molecule has 0 fully saturated rings. The van der Waals surface area contributed by atoms with Gasteiger partial charge in [-0.1, -0.05) is 12.1 Å². The molecule has 108 valence electrons.